The number of hydrogen-bond donors (Lipinski definition) is 1. The SMILES string of the molecule is CC1(Cc2ccc3c(c2)OCO3)C(=O)Nc2ccc(-c3cccc(C(F)(F)F)c3)cc21. The van der Waals surface area contributed by atoms with Gasteiger partial charge in [-0.3, -0.25) is 4.79 Å². The smallest absolute Gasteiger partial charge is 0.416 e. The normalized spacial score (nSPS) is 19.3. The first-order valence-electron chi connectivity index (χ1n) is 9.76. The number of rotatable bonds is 3. The van der Waals surface area contributed by atoms with Gasteiger partial charge in [-0.05, 0) is 72.0 Å². The highest BCUT2D eigenvalue weighted by molar-refractivity contribution is 6.06. The molecule has 0 spiro atoms. The van der Waals surface area contributed by atoms with Gasteiger partial charge in [-0.15, -0.1) is 0 Å². The summed E-state index contributed by atoms with van der Waals surface area (Å²) in [4.78, 5) is 12.9. The number of halogens is 3. The molecule has 3 aromatic rings. The second kappa shape index (κ2) is 6.77. The zero-order chi connectivity index (χ0) is 21.8. The largest absolute Gasteiger partial charge is 0.454 e. The second-order valence-corrected chi connectivity index (χ2v) is 7.99. The van der Waals surface area contributed by atoms with Crippen molar-refractivity contribution in [3.05, 3.63) is 77.4 Å². The van der Waals surface area contributed by atoms with Crippen molar-refractivity contribution in [2.75, 3.05) is 12.1 Å². The Morgan fingerprint density at radius 3 is 2.55 bits per heavy atom. The zero-order valence-corrected chi connectivity index (χ0v) is 16.5. The summed E-state index contributed by atoms with van der Waals surface area (Å²) >= 11 is 0. The monoisotopic (exact) mass is 425 g/mol. The molecule has 0 aromatic heterocycles. The molecule has 2 aliphatic heterocycles. The quantitative estimate of drug-likeness (QED) is 0.598. The predicted molar refractivity (Wildman–Crippen MR) is 109 cm³/mol. The molecule has 0 bridgehead atoms. The summed E-state index contributed by atoms with van der Waals surface area (Å²) in [6.07, 6.45) is -4.01. The summed E-state index contributed by atoms with van der Waals surface area (Å²) in [6.45, 7) is 2.01. The maximum atomic E-state index is 13.1. The van der Waals surface area contributed by atoms with Crippen molar-refractivity contribution >= 4 is 11.6 Å². The first-order chi connectivity index (χ1) is 14.7. The van der Waals surface area contributed by atoms with Gasteiger partial charge >= 0.3 is 6.18 Å². The average molecular weight is 425 g/mol. The van der Waals surface area contributed by atoms with Crippen LogP contribution in [0.3, 0.4) is 0 Å². The summed E-state index contributed by atoms with van der Waals surface area (Å²) in [5, 5.41) is 2.90. The van der Waals surface area contributed by atoms with E-state index in [9.17, 15) is 18.0 Å². The molecule has 31 heavy (non-hydrogen) atoms. The van der Waals surface area contributed by atoms with Gasteiger partial charge in [-0.2, -0.15) is 13.2 Å². The van der Waals surface area contributed by atoms with Crippen LogP contribution in [0.1, 0.15) is 23.6 Å². The van der Waals surface area contributed by atoms with Gasteiger partial charge in [0.2, 0.25) is 12.7 Å². The van der Waals surface area contributed by atoms with Gasteiger partial charge < -0.3 is 14.8 Å². The molecule has 4 nitrogen and oxygen atoms in total. The first-order valence-corrected chi connectivity index (χ1v) is 9.76. The molecule has 2 aliphatic rings. The minimum Gasteiger partial charge on any atom is -0.454 e. The molecular weight excluding hydrogens is 407 g/mol. The summed E-state index contributed by atoms with van der Waals surface area (Å²) in [6, 6.07) is 16.0. The van der Waals surface area contributed by atoms with Crippen molar-refractivity contribution in [3.8, 4) is 22.6 Å². The minimum atomic E-state index is -4.42. The van der Waals surface area contributed by atoms with Crippen LogP contribution in [0.15, 0.2) is 60.7 Å². The Kier molecular flexibility index (Phi) is 4.25. The maximum Gasteiger partial charge on any atom is 0.416 e. The Morgan fingerprint density at radius 2 is 1.74 bits per heavy atom. The fourth-order valence-corrected chi connectivity index (χ4v) is 4.18. The molecule has 0 saturated heterocycles. The molecule has 5 rings (SSSR count). The van der Waals surface area contributed by atoms with Crippen LogP contribution >= 0.6 is 0 Å². The van der Waals surface area contributed by atoms with Gasteiger partial charge in [0.05, 0.1) is 11.0 Å². The van der Waals surface area contributed by atoms with Gasteiger partial charge in [-0.1, -0.05) is 24.3 Å². The zero-order valence-electron chi connectivity index (χ0n) is 16.5. The van der Waals surface area contributed by atoms with Crippen molar-refractivity contribution in [2.24, 2.45) is 0 Å². The van der Waals surface area contributed by atoms with Crippen molar-refractivity contribution < 1.29 is 27.4 Å². The van der Waals surface area contributed by atoms with Crippen LogP contribution in [-0.4, -0.2) is 12.7 Å². The van der Waals surface area contributed by atoms with Crippen LogP contribution < -0.4 is 14.8 Å². The number of fused-ring (bicyclic) bond motifs is 2. The molecule has 1 N–H and O–H groups in total. The van der Waals surface area contributed by atoms with E-state index in [1.165, 1.54) is 6.07 Å². The highest BCUT2D eigenvalue weighted by Gasteiger charge is 2.43. The van der Waals surface area contributed by atoms with Crippen molar-refractivity contribution in [2.45, 2.75) is 24.9 Å². The molecule has 0 aliphatic carbocycles. The first kappa shape index (κ1) is 19.5. The van der Waals surface area contributed by atoms with Crippen molar-refractivity contribution in [1.82, 2.24) is 0 Å². The van der Waals surface area contributed by atoms with Gasteiger partial charge in [-0.25, -0.2) is 0 Å². The fourth-order valence-electron chi connectivity index (χ4n) is 4.18. The number of ether oxygens (including phenoxy) is 2. The standard InChI is InChI=1S/C24H18F3NO3/c1-23(12-14-5-8-20-21(9-14)31-13-30-20)18-11-16(6-7-19(18)28-22(23)29)15-3-2-4-17(10-15)24(25,26)27/h2-11H,12-13H2,1H3,(H,28,29). The number of alkyl halides is 3. The number of nitrogens with one attached hydrogen (secondary N) is 1. The third-order valence-corrected chi connectivity index (χ3v) is 5.88. The minimum absolute atomic E-state index is 0.152. The molecule has 3 aromatic carbocycles. The van der Waals surface area contributed by atoms with Crippen LogP contribution in [0.4, 0.5) is 18.9 Å². The van der Waals surface area contributed by atoms with E-state index in [0.29, 0.717) is 34.7 Å². The average Bonchev–Trinajstić information content (AvgIpc) is 3.30. The lowest BCUT2D eigenvalue weighted by molar-refractivity contribution is -0.137. The molecule has 1 unspecified atom stereocenters. The fraction of sp³-hybridized carbons (Fsp3) is 0.208. The predicted octanol–water partition coefficient (Wildman–Crippen LogP) is 5.55. The molecule has 158 valence electrons. The number of hydrogen-bond acceptors (Lipinski definition) is 3. The van der Waals surface area contributed by atoms with E-state index in [-0.39, 0.29) is 12.7 Å². The van der Waals surface area contributed by atoms with Crippen molar-refractivity contribution in [3.63, 3.8) is 0 Å². The highest BCUT2D eigenvalue weighted by Crippen LogP contribution is 2.43. The number of carbonyl (C=O) groups excluding carboxylic acids is 1. The maximum absolute atomic E-state index is 13.1. The van der Waals surface area contributed by atoms with E-state index in [1.807, 2.05) is 25.1 Å². The van der Waals surface area contributed by atoms with Crippen molar-refractivity contribution in [1.29, 1.82) is 0 Å². The van der Waals surface area contributed by atoms with Gasteiger partial charge in [0, 0.05) is 5.69 Å². The molecule has 0 fully saturated rings. The van der Waals surface area contributed by atoms with Crippen LogP contribution in [0.2, 0.25) is 0 Å². The molecule has 0 radical (unpaired) electrons. The third kappa shape index (κ3) is 3.30. The highest BCUT2D eigenvalue weighted by atomic mass is 19.4. The number of carbonyl (C=O) groups is 1. The lowest BCUT2D eigenvalue weighted by atomic mass is 9.77. The van der Waals surface area contributed by atoms with Crippen LogP contribution in [-0.2, 0) is 22.8 Å². The topological polar surface area (TPSA) is 47.6 Å². The van der Waals surface area contributed by atoms with E-state index in [2.05, 4.69) is 5.32 Å². The van der Waals surface area contributed by atoms with E-state index >= 15 is 0 Å². The lowest BCUT2D eigenvalue weighted by Gasteiger charge is -2.23. The molecule has 1 atom stereocenters. The third-order valence-electron chi connectivity index (χ3n) is 5.88. The molecule has 1 amide bonds. The van der Waals surface area contributed by atoms with Gasteiger partial charge in [0.1, 0.15) is 0 Å². The molecule has 0 saturated carbocycles. The lowest BCUT2D eigenvalue weighted by Crippen LogP contribution is -2.33. The van der Waals surface area contributed by atoms with Gasteiger partial charge in [0.15, 0.2) is 11.5 Å². The number of amides is 1. The summed E-state index contributed by atoms with van der Waals surface area (Å²) in [5.41, 5.74) is 1.82. The van der Waals surface area contributed by atoms with E-state index in [1.54, 1.807) is 24.3 Å². The number of anilines is 1. The molecule has 2 heterocycles. The summed E-state index contributed by atoms with van der Waals surface area (Å²) in [7, 11) is 0. The Labute approximate surface area is 176 Å². The Bertz CT molecular complexity index is 1200. The summed E-state index contributed by atoms with van der Waals surface area (Å²) < 4.78 is 50.2. The molecular formula is C24H18F3NO3. The Hall–Kier alpha value is -3.48. The van der Waals surface area contributed by atoms with E-state index in [4.69, 9.17) is 9.47 Å². The Balaban J connectivity index is 1.53. The second-order valence-electron chi connectivity index (χ2n) is 7.99. The van der Waals surface area contributed by atoms with E-state index in [0.717, 1.165) is 23.3 Å². The van der Waals surface area contributed by atoms with E-state index < -0.39 is 17.2 Å². The Morgan fingerprint density at radius 1 is 0.968 bits per heavy atom. The summed E-state index contributed by atoms with van der Waals surface area (Å²) in [5.74, 6) is 1.15. The van der Waals surface area contributed by atoms with Crippen LogP contribution in [0.5, 0.6) is 11.5 Å². The molecule has 7 heteroatoms. The van der Waals surface area contributed by atoms with Crippen LogP contribution in [0, 0.1) is 0 Å². The number of benzene rings is 3. The van der Waals surface area contributed by atoms with Gasteiger partial charge in [0.25, 0.3) is 0 Å². The van der Waals surface area contributed by atoms with Crippen LogP contribution in [0.25, 0.3) is 11.1 Å².